The molecule has 5 nitrogen and oxygen atoms in total. The summed E-state index contributed by atoms with van der Waals surface area (Å²) in [4.78, 5) is 15.7. The van der Waals surface area contributed by atoms with Gasteiger partial charge in [0.25, 0.3) is 5.91 Å². The number of aromatic nitrogens is 1. The Hall–Kier alpha value is -2.95. The summed E-state index contributed by atoms with van der Waals surface area (Å²) in [5, 5.41) is 3.05. The van der Waals surface area contributed by atoms with Crippen LogP contribution in [-0.2, 0) is 6.42 Å². The summed E-state index contributed by atoms with van der Waals surface area (Å²) in [6.45, 7) is 2.00. The Morgan fingerprint density at radius 3 is 2.80 bits per heavy atom. The third-order valence-corrected chi connectivity index (χ3v) is 4.17. The Labute approximate surface area is 147 Å². The van der Waals surface area contributed by atoms with Crippen LogP contribution in [0.2, 0.25) is 0 Å². The van der Waals surface area contributed by atoms with E-state index in [0.717, 1.165) is 35.5 Å². The van der Waals surface area contributed by atoms with Crippen LogP contribution in [0.25, 0.3) is 11.1 Å². The van der Waals surface area contributed by atoms with E-state index in [0.29, 0.717) is 5.56 Å². The van der Waals surface area contributed by atoms with E-state index in [1.807, 2.05) is 49.5 Å². The zero-order valence-corrected chi connectivity index (χ0v) is 14.4. The standard InChI is InChI=1S/C20H22N2O3/c1-14(9-10-15-6-5-11-25-15)22-20(23)18-13-21-12-17(18)16-7-3-4-8-19(16)24-2/h3-8,11-14,21H,9-10H2,1-2H3,(H,22,23)/t14-/m1/s1. The molecule has 0 bridgehead atoms. The minimum absolute atomic E-state index is 0.0398. The zero-order chi connectivity index (χ0) is 17.6. The first-order valence-corrected chi connectivity index (χ1v) is 8.32. The molecular weight excluding hydrogens is 316 g/mol. The maximum Gasteiger partial charge on any atom is 0.253 e. The average Bonchev–Trinajstić information content (AvgIpc) is 3.31. The number of hydrogen-bond acceptors (Lipinski definition) is 3. The number of benzene rings is 1. The highest BCUT2D eigenvalue weighted by Crippen LogP contribution is 2.32. The van der Waals surface area contributed by atoms with Gasteiger partial charge in [0.15, 0.2) is 0 Å². The highest BCUT2D eigenvalue weighted by molar-refractivity contribution is 6.01. The molecule has 0 spiro atoms. The molecule has 2 aromatic heterocycles. The van der Waals surface area contributed by atoms with Gasteiger partial charge in [-0.05, 0) is 31.5 Å². The van der Waals surface area contributed by atoms with Crippen LogP contribution in [0.15, 0.2) is 59.5 Å². The fraction of sp³-hybridized carbons (Fsp3) is 0.250. The van der Waals surface area contributed by atoms with Crippen molar-refractivity contribution in [2.45, 2.75) is 25.8 Å². The molecule has 2 heterocycles. The van der Waals surface area contributed by atoms with E-state index in [1.54, 1.807) is 19.6 Å². The first-order chi connectivity index (χ1) is 12.2. The van der Waals surface area contributed by atoms with E-state index in [2.05, 4.69) is 10.3 Å². The fourth-order valence-corrected chi connectivity index (χ4v) is 2.83. The number of methoxy groups -OCH3 is 1. The molecule has 1 aromatic carbocycles. The number of furan rings is 1. The van der Waals surface area contributed by atoms with Crippen molar-refractivity contribution in [2.24, 2.45) is 0 Å². The largest absolute Gasteiger partial charge is 0.496 e. The summed E-state index contributed by atoms with van der Waals surface area (Å²) in [5.74, 6) is 1.56. The average molecular weight is 338 g/mol. The highest BCUT2D eigenvalue weighted by atomic mass is 16.5. The topological polar surface area (TPSA) is 67.3 Å². The molecule has 5 heteroatoms. The van der Waals surface area contributed by atoms with Gasteiger partial charge < -0.3 is 19.5 Å². The molecule has 1 atom stereocenters. The van der Waals surface area contributed by atoms with Crippen molar-refractivity contribution in [3.63, 3.8) is 0 Å². The predicted octanol–water partition coefficient (Wildman–Crippen LogP) is 4.03. The molecule has 0 fully saturated rings. The van der Waals surface area contributed by atoms with Crippen molar-refractivity contribution in [1.29, 1.82) is 0 Å². The molecule has 3 rings (SSSR count). The smallest absolute Gasteiger partial charge is 0.253 e. The van der Waals surface area contributed by atoms with Gasteiger partial charge >= 0.3 is 0 Å². The van der Waals surface area contributed by atoms with Crippen LogP contribution in [0.4, 0.5) is 0 Å². The third kappa shape index (κ3) is 3.94. The molecule has 3 aromatic rings. The van der Waals surface area contributed by atoms with E-state index in [4.69, 9.17) is 9.15 Å². The lowest BCUT2D eigenvalue weighted by Crippen LogP contribution is -2.32. The van der Waals surface area contributed by atoms with Crippen molar-refractivity contribution >= 4 is 5.91 Å². The van der Waals surface area contributed by atoms with Crippen LogP contribution < -0.4 is 10.1 Å². The maximum absolute atomic E-state index is 12.7. The number of aryl methyl sites for hydroxylation is 1. The van der Waals surface area contributed by atoms with Gasteiger partial charge in [-0.1, -0.05) is 18.2 Å². The minimum atomic E-state index is -0.103. The van der Waals surface area contributed by atoms with E-state index in [9.17, 15) is 4.79 Å². The Balaban J connectivity index is 1.70. The number of carbonyl (C=O) groups is 1. The number of H-pyrrole nitrogens is 1. The molecule has 0 saturated heterocycles. The van der Waals surface area contributed by atoms with Crippen molar-refractivity contribution in [3.05, 3.63) is 66.4 Å². The summed E-state index contributed by atoms with van der Waals surface area (Å²) >= 11 is 0. The molecule has 0 aliphatic carbocycles. The van der Waals surface area contributed by atoms with Crippen LogP contribution in [0.3, 0.4) is 0 Å². The van der Waals surface area contributed by atoms with Gasteiger partial charge in [-0.2, -0.15) is 0 Å². The number of para-hydroxylation sites is 1. The summed E-state index contributed by atoms with van der Waals surface area (Å²) < 4.78 is 10.7. The molecule has 0 saturated carbocycles. The number of rotatable bonds is 7. The van der Waals surface area contributed by atoms with Gasteiger partial charge in [-0.15, -0.1) is 0 Å². The van der Waals surface area contributed by atoms with Crippen LogP contribution in [0.5, 0.6) is 5.75 Å². The Bertz CT molecular complexity index is 821. The van der Waals surface area contributed by atoms with E-state index in [1.165, 1.54) is 0 Å². The van der Waals surface area contributed by atoms with Crippen molar-refractivity contribution < 1.29 is 13.9 Å². The molecular formula is C20H22N2O3. The van der Waals surface area contributed by atoms with Gasteiger partial charge in [0.2, 0.25) is 0 Å². The van der Waals surface area contributed by atoms with E-state index < -0.39 is 0 Å². The van der Waals surface area contributed by atoms with E-state index >= 15 is 0 Å². The van der Waals surface area contributed by atoms with Crippen LogP contribution in [0.1, 0.15) is 29.5 Å². The number of ether oxygens (including phenoxy) is 1. The molecule has 130 valence electrons. The molecule has 0 aliphatic rings. The van der Waals surface area contributed by atoms with Gasteiger partial charge in [0, 0.05) is 36.0 Å². The quantitative estimate of drug-likeness (QED) is 0.683. The van der Waals surface area contributed by atoms with Crippen LogP contribution in [0, 0.1) is 0 Å². The molecule has 2 N–H and O–H groups in total. The summed E-state index contributed by atoms with van der Waals surface area (Å²) in [6.07, 6.45) is 6.81. The van der Waals surface area contributed by atoms with Gasteiger partial charge in [-0.25, -0.2) is 0 Å². The Kier molecular flexibility index (Phi) is 5.23. The monoisotopic (exact) mass is 338 g/mol. The SMILES string of the molecule is COc1ccccc1-c1c[nH]cc1C(=O)N[C@H](C)CCc1ccco1. The van der Waals surface area contributed by atoms with Gasteiger partial charge in [0.1, 0.15) is 11.5 Å². The van der Waals surface area contributed by atoms with Gasteiger partial charge in [0.05, 0.1) is 18.9 Å². The number of amides is 1. The highest BCUT2D eigenvalue weighted by Gasteiger charge is 2.18. The lowest BCUT2D eigenvalue weighted by atomic mass is 10.0. The van der Waals surface area contributed by atoms with Crippen molar-refractivity contribution in [2.75, 3.05) is 7.11 Å². The second-order valence-corrected chi connectivity index (χ2v) is 5.98. The lowest BCUT2D eigenvalue weighted by molar-refractivity contribution is 0.0939. The van der Waals surface area contributed by atoms with E-state index in [-0.39, 0.29) is 11.9 Å². The summed E-state index contributed by atoms with van der Waals surface area (Å²) in [5.41, 5.74) is 2.32. The molecule has 25 heavy (non-hydrogen) atoms. The second-order valence-electron chi connectivity index (χ2n) is 5.98. The molecule has 0 unspecified atom stereocenters. The second kappa shape index (κ2) is 7.75. The lowest BCUT2D eigenvalue weighted by Gasteiger charge is -2.14. The third-order valence-electron chi connectivity index (χ3n) is 4.17. The first-order valence-electron chi connectivity index (χ1n) is 8.32. The molecule has 0 aliphatic heterocycles. The van der Waals surface area contributed by atoms with Crippen LogP contribution >= 0.6 is 0 Å². The number of hydrogen-bond donors (Lipinski definition) is 2. The minimum Gasteiger partial charge on any atom is -0.496 e. The predicted molar refractivity (Wildman–Crippen MR) is 96.7 cm³/mol. The number of aromatic amines is 1. The van der Waals surface area contributed by atoms with Gasteiger partial charge in [-0.3, -0.25) is 4.79 Å². The number of carbonyl (C=O) groups excluding carboxylic acids is 1. The van der Waals surface area contributed by atoms with Crippen molar-refractivity contribution in [1.82, 2.24) is 10.3 Å². The fourth-order valence-electron chi connectivity index (χ4n) is 2.83. The first kappa shape index (κ1) is 16.9. The summed E-state index contributed by atoms with van der Waals surface area (Å²) in [6, 6.07) is 11.5. The van der Waals surface area contributed by atoms with Crippen molar-refractivity contribution in [3.8, 4) is 16.9 Å². The Morgan fingerprint density at radius 2 is 2.04 bits per heavy atom. The van der Waals surface area contributed by atoms with Crippen LogP contribution in [-0.4, -0.2) is 24.0 Å². The molecule has 0 radical (unpaired) electrons. The normalized spacial score (nSPS) is 11.9. The Morgan fingerprint density at radius 1 is 1.20 bits per heavy atom. The summed E-state index contributed by atoms with van der Waals surface area (Å²) in [7, 11) is 1.63. The zero-order valence-electron chi connectivity index (χ0n) is 14.4. The number of nitrogens with one attached hydrogen (secondary N) is 2. The molecule has 1 amide bonds. The maximum atomic E-state index is 12.7.